The van der Waals surface area contributed by atoms with Crippen molar-refractivity contribution in [1.82, 2.24) is 10.6 Å². The molecule has 3 rings (SSSR count). The van der Waals surface area contributed by atoms with Crippen molar-refractivity contribution in [3.63, 3.8) is 0 Å². The van der Waals surface area contributed by atoms with Crippen molar-refractivity contribution < 1.29 is 33.4 Å². The summed E-state index contributed by atoms with van der Waals surface area (Å²) in [6.45, 7) is 5.33. The molecule has 1 aliphatic heterocycles. The molecule has 0 aliphatic carbocycles. The lowest BCUT2D eigenvalue weighted by molar-refractivity contribution is -0.175. The molecule has 44 heavy (non-hydrogen) atoms. The Morgan fingerprint density at radius 2 is 1.82 bits per heavy atom. The molecule has 0 bridgehead atoms. The van der Waals surface area contributed by atoms with Gasteiger partial charge in [0.05, 0.1) is 18.1 Å². The van der Waals surface area contributed by atoms with E-state index in [1.165, 1.54) is 13.2 Å². The van der Waals surface area contributed by atoms with Crippen LogP contribution in [-0.4, -0.2) is 55.7 Å². The van der Waals surface area contributed by atoms with Crippen molar-refractivity contribution in [1.29, 1.82) is 0 Å². The maximum absolute atomic E-state index is 13.2. The topological polar surface area (TPSA) is 120 Å². The molecular formula is C34H41ClN2O7. The van der Waals surface area contributed by atoms with Crippen LogP contribution in [0.25, 0.3) is 6.08 Å². The molecule has 2 unspecified atom stereocenters. The number of benzene rings is 2. The number of methoxy groups -OCH3 is 1. The molecule has 236 valence electrons. The first-order chi connectivity index (χ1) is 21.1. The van der Waals surface area contributed by atoms with E-state index in [1.807, 2.05) is 56.3 Å². The van der Waals surface area contributed by atoms with Gasteiger partial charge in [-0.2, -0.15) is 0 Å². The van der Waals surface area contributed by atoms with E-state index in [0.717, 1.165) is 5.56 Å². The van der Waals surface area contributed by atoms with Crippen molar-refractivity contribution in [3.05, 3.63) is 82.9 Å². The van der Waals surface area contributed by atoms with Crippen LogP contribution in [0.3, 0.4) is 0 Å². The predicted octanol–water partition coefficient (Wildman–Crippen LogP) is 5.06. The number of ether oxygens (including phenoxy) is 3. The van der Waals surface area contributed by atoms with E-state index in [4.69, 9.17) is 25.8 Å². The van der Waals surface area contributed by atoms with E-state index in [1.54, 1.807) is 31.2 Å². The van der Waals surface area contributed by atoms with Crippen LogP contribution >= 0.6 is 11.6 Å². The Kier molecular flexibility index (Phi) is 13.5. The average molecular weight is 625 g/mol. The standard InChI is InChI=1S/C34H41ClN2O7/c1-5-10-30-34(41)43-28(22(2)15-16-24-11-7-6-8-12-24)13-9-14-31(38)37-27(32(39)36-21-23(3)33(40)44-30)20-25-17-18-29(42-4)26(35)19-25/h6-9,11-12,14-19,22-23,27-28,30H,5,10,13,20-21H2,1-4H3,(H,36,39)(H,37,38)/b14-9+,16-15+/t22-,23-,27?,28?,30+/m1/s1. The largest absolute Gasteiger partial charge is 0.495 e. The highest BCUT2D eigenvalue weighted by atomic mass is 35.5. The molecule has 0 saturated carbocycles. The lowest BCUT2D eigenvalue weighted by Gasteiger charge is -2.25. The molecule has 0 radical (unpaired) electrons. The second-order valence-electron chi connectivity index (χ2n) is 10.8. The monoisotopic (exact) mass is 624 g/mol. The average Bonchev–Trinajstić information content (AvgIpc) is 3.01. The molecule has 2 aromatic rings. The second kappa shape index (κ2) is 17.3. The molecule has 1 heterocycles. The zero-order valence-electron chi connectivity index (χ0n) is 25.6. The lowest BCUT2D eigenvalue weighted by Crippen LogP contribution is -2.49. The summed E-state index contributed by atoms with van der Waals surface area (Å²) in [6.07, 6.45) is 6.31. The van der Waals surface area contributed by atoms with Gasteiger partial charge in [0.15, 0.2) is 6.10 Å². The van der Waals surface area contributed by atoms with Crippen molar-refractivity contribution in [2.45, 2.75) is 64.7 Å². The highest BCUT2D eigenvalue weighted by Crippen LogP contribution is 2.25. The molecule has 0 fully saturated rings. The maximum Gasteiger partial charge on any atom is 0.347 e. The van der Waals surface area contributed by atoms with Gasteiger partial charge in [0.25, 0.3) is 0 Å². The number of carbonyl (C=O) groups excluding carboxylic acids is 4. The first-order valence-corrected chi connectivity index (χ1v) is 15.2. The Morgan fingerprint density at radius 3 is 2.50 bits per heavy atom. The van der Waals surface area contributed by atoms with Gasteiger partial charge in [-0.05, 0) is 35.8 Å². The minimum absolute atomic E-state index is 0.0545. The van der Waals surface area contributed by atoms with Crippen LogP contribution in [0.5, 0.6) is 5.75 Å². The fourth-order valence-corrected chi connectivity index (χ4v) is 4.84. The van der Waals surface area contributed by atoms with Crippen LogP contribution in [-0.2, 0) is 35.1 Å². The molecule has 0 aromatic heterocycles. The Bertz CT molecular complexity index is 1340. The fraction of sp³-hybridized carbons (Fsp3) is 0.412. The van der Waals surface area contributed by atoms with E-state index in [2.05, 4.69) is 10.6 Å². The number of hydrogen-bond acceptors (Lipinski definition) is 7. The normalized spacial score (nSPS) is 23.7. The zero-order valence-corrected chi connectivity index (χ0v) is 26.3. The van der Waals surface area contributed by atoms with E-state index < -0.39 is 47.9 Å². The van der Waals surface area contributed by atoms with Crippen molar-refractivity contribution >= 4 is 41.4 Å². The molecule has 2 N–H and O–H groups in total. The Hall–Kier alpha value is -4.11. The van der Waals surface area contributed by atoms with E-state index in [-0.39, 0.29) is 31.7 Å². The van der Waals surface area contributed by atoms with Gasteiger partial charge >= 0.3 is 11.9 Å². The highest BCUT2D eigenvalue weighted by Gasteiger charge is 2.30. The number of nitrogens with one attached hydrogen (secondary N) is 2. The summed E-state index contributed by atoms with van der Waals surface area (Å²) in [7, 11) is 1.51. The molecule has 0 saturated heterocycles. The first kappa shape index (κ1) is 34.4. The molecule has 1 aliphatic rings. The number of carbonyl (C=O) groups is 4. The van der Waals surface area contributed by atoms with Gasteiger partial charge < -0.3 is 24.8 Å². The minimum atomic E-state index is -1.09. The van der Waals surface area contributed by atoms with Gasteiger partial charge in [0.2, 0.25) is 11.8 Å². The Labute approximate surface area is 264 Å². The fourth-order valence-electron chi connectivity index (χ4n) is 4.56. The van der Waals surface area contributed by atoms with E-state index in [9.17, 15) is 19.2 Å². The molecule has 9 nitrogen and oxygen atoms in total. The molecular weight excluding hydrogens is 584 g/mol. The van der Waals surface area contributed by atoms with Crippen molar-refractivity contribution in [2.24, 2.45) is 11.8 Å². The predicted molar refractivity (Wildman–Crippen MR) is 169 cm³/mol. The van der Waals surface area contributed by atoms with Gasteiger partial charge in [-0.15, -0.1) is 0 Å². The van der Waals surface area contributed by atoms with Gasteiger partial charge in [0.1, 0.15) is 17.9 Å². The molecule has 0 spiro atoms. The number of halogens is 1. The summed E-state index contributed by atoms with van der Waals surface area (Å²) in [6, 6.07) is 13.9. The number of hydrogen-bond donors (Lipinski definition) is 2. The van der Waals surface area contributed by atoms with E-state index in [0.29, 0.717) is 22.8 Å². The number of cyclic esters (lactones) is 2. The summed E-state index contributed by atoms with van der Waals surface area (Å²) in [4.78, 5) is 52.4. The smallest absolute Gasteiger partial charge is 0.347 e. The van der Waals surface area contributed by atoms with Crippen LogP contribution < -0.4 is 15.4 Å². The molecule has 10 heteroatoms. The van der Waals surface area contributed by atoms with Gasteiger partial charge in [-0.3, -0.25) is 14.4 Å². The lowest BCUT2D eigenvalue weighted by atomic mass is 9.99. The summed E-state index contributed by atoms with van der Waals surface area (Å²) in [5.41, 5.74) is 1.69. The van der Waals surface area contributed by atoms with Gasteiger partial charge in [-0.25, -0.2) is 4.79 Å². The minimum Gasteiger partial charge on any atom is -0.495 e. The van der Waals surface area contributed by atoms with Crippen LogP contribution in [0.1, 0.15) is 51.2 Å². The summed E-state index contributed by atoms with van der Waals surface area (Å²) >= 11 is 6.28. The van der Waals surface area contributed by atoms with Crippen LogP contribution in [0.4, 0.5) is 0 Å². The summed E-state index contributed by atoms with van der Waals surface area (Å²) in [5, 5.41) is 5.84. The summed E-state index contributed by atoms with van der Waals surface area (Å²) < 4.78 is 16.7. The zero-order chi connectivity index (χ0) is 32.1. The third-order valence-corrected chi connectivity index (χ3v) is 7.52. The van der Waals surface area contributed by atoms with E-state index >= 15 is 0 Å². The highest BCUT2D eigenvalue weighted by molar-refractivity contribution is 6.32. The van der Waals surface area contributed by atoms with Crippen LogP contribution in [0.15, 0.2) is 66.8 Å². The number of amides is 2. The quantitative estimate of drug-likeness (QED) is 0.394. The second-order valence-corrected chi connectivity index (χ2v) is 11.2. The third-order valence-electron chi connectivity index (χ3n) is 7.23. The summed E-state index contributed by atoms with van der Waals surface area (Å²) in [5.74, 6) is -2.76. The van der Waals surface area contributed by atoms with Crippen LogP contribution in [0, 0.1) is 11.8 Å². The van der Waals surface area contributed by atoms with Gasteiger partial charge in [0, 0.05) is 25.3 Å². The third kappa shape index (κ3) is 10.6. The molecule has 5 atom stereocenters. The van der Waals surface area contributed by atoms with Gasteiger partial charge in [-0.1, -0.05) is 93.4 Å². The van der Waals surface area contributed by atoms with Crippen LogP contribution in [0.2, 0.25) is 5.02 Å². The SMILES string of the molecule is CCC[C@@H]1OC(=O)[C@H](C)CNC(=O)C(Cc2ccc(OC)c(Cl)c2)NC(=O)/C=C/CC([C@H](C)/C=C/c2ccccc2)OC1=O. The molecule has 2 aromatic carbocycles. The first-order valence-electron chi connectivity index (χ1n) is 14.8. The van der Waals surface area contributed by atoms with Crippen molar-refractivity contribution in [3.8, 4) is 5.75 Å². The van der Waals surface area contributed by atoms with Crippen molar-refractivity contribution in [2.75, 3.05) is 13.7 Å². The Morgan fingerprint density at radius 1 is 1.07 bits per heavy atom. The number of rotatable bonds is 8. The number of esters is 2. The maximum atomic E-state index is 13.2. The Balaban J connectivity index is 1.88. The molecule has 2 amide bonds.